The van der Waals surface area contributed by atoms with Crippen molar-refractivity contribution in [3.63, 3.8) is 0 Å². The Morgan fingerprint density at radius 1 is 1.27 bits per heavy atom. The van der Waals surface area contributed by atoms with E-state index in [2.05, 4.69) is 0 Å². The van der Waals surface area contributed by atoms with Crippen molar-refractivity contribution in [2.45, 2.75) is 6.92 Å². The molecule has 15 heavy (non-hydrogen) atoms. The topological polar surface area (TPSA) is 44.5 Å². The molecule has 2 N–H and O–H groups in total. The summed E-state index contributed by atoms with van der Waals surface area (Å²) in [6.07, 6.45) is 3.89. The second-order valence-electron chi connectivity index (χ2n) is 3.15. The molecule has 0 aromatic heterocycles. The lowest BCUT2D eigenvalue weighted by molar-refractivity contribution is 0.353. The van der Waals surface area contributed by atoms with Gasteiger partial charge in [-0.2, -0.15) is 0 Å². The van der Waals surface area contributed by atoms with Crippen molar-refractivity contribution in [1.82, 2.24) is 0 Å². The van der Waals surface area contributed by atoms with Crippen LogP contribution in [0.3, 0.4) is 0 Å². The fraction of sp³-hybridized carbons (Fsp3) is 0.333. The van der Waals surface area contributed by atoms with E-state index in [0.29, 0.717) is 6.54 Å². The van der Waals surface area contributed by atoms with E-state index >= 15 is 0 Å². The van der Waals surface area contributed by atoms with Crippen LogP contribution in [0.1, 0.15) is 11.1 Å². The average Bonchev–Trinajstić information content (AvgIpc) is 2.27. The molecule has 0 heterocycles. The first kappa shape index (κ1) is 11.6. The SMILES string of the molecule is COc1ccc(/C=C/CN)c(C)c1OC. The van der Waals surface area contributed by atoms with Gasteiger partial charge in [0.1, 0.15) is 0 Å². The molecule has 1 aromatic rings. The van der Waals surface area contributed by atoms with Crippen LogP contribution in [0.2, 0.25) is 0 Å². The quantitative estimate of drug-likeness (QED) is 0.821. The zero-order valence-electron chi connectivity index (χ0n) is 9.41. The third kappa shape index (κ3) is 2.50. The number of nitrogens with two attached hydrogens (primary N) is 1. The predicted molar refractivity (Wildman–Crippen MR) is 62.4 cm³/mol. The van der Waals surface area contributed by atoms with E-state index in [-0.39, 0.29) is 0 Å². The zero-order valence-corrected chi connectivity index (χ0v) is 9.41. The van der Waals surface area contributed by atoms with E-state index in [1.165, 1.54) is 0 Å². The van der Waals surface area contributed by atoms with Gasteiger partial charge in [-0.25, -0.2) is 0 Å². The Bertz CT molecular complexity index is 359. The Balaban J connectivity index is 3.17. The highest BCUT2D eigenvalue weighted by atomic mass is 16.5. The smallest absolute Gasteiger partial charge is 0.164 e. The molecule has 0 amide bonds. The van der Waals surface area contributed by atoms with Crippen molar-refractivity contribution >= 4 is 6.08 Å². The summed E-state index contributed by atoms with van der Waals surface area (Å²) in [5, 5.41) is 0. The van der Waals surface area contributed by atoms with Gasteiger partial charge in [0.05, 0.1) is 14.2 Å². The number of hydrogen-bond acceptors (Lipinski definition) is 3. The van der Waals surface area contributed by atoms with Gasteiger partial charge in [0, 0.05) is 12.1 Å². The third-order valence-electron chi connectivity index (χ3n) is 2.27. The minimum atomic E-state index is 0.536. The van der Waals surface area contributed by atoms with Crippen molar-refractivity contribution in [2.24, 2.45) is 5.73 Å². The van der Waals surface area contributed by atoms with Crippen molar-refractivity contribution in [2.75, 3.05) is 20.8 Å². The first-order valence-electron chi connectivity index (χ1n) is 4.82. The Hall–Kier alpha value is -1.48. The maximum atomic E-state index is 5.41. The van der Waals surface area contributed by atoms with E-state index < -0.39 is 0 Å². The number of rotatable bonds is 4. The summed E-state index contributed by atoms with van der Waals surface area (Å²) in [7, 11) is 3.27. The summed E-state index contributed by atoms with van der Waals surface area (Å²) in [6.45, 7) is 2.53. The van der Waals surface area contributed by atoms with E-state index in [1.807, 2.05) is 31.2 Å². The molecular weight excluding hydrogens is 190 g/mol. The fourth-order valence-electron chi connectivity index (χ4n) is 1.47. The molecule has 1 rings (SSSR count). The predicted octanol–water partition coefficient (Wildman–Crippen LogP) is 1.98. The Morgan fingerprint density at radius 3 is 2.53 bits per heavy atom. The highest BCUT2D eigenvalue weighted by Gasteiger charge is 2.08. The largest absolute Gasteiger partial charge is 0.493 e. The summed E-state index contributed by atoms with van der Waals surface area (Å²) < 4.78 is 10.5. The summed E-state index contributed by atoms with van der Waals surface area (Å²) in [5.74, 6) is 1.52. The minimum Gasteiger partial charge on any atom is -0.493 e. The fourth-order valence-corrected chi connectivity index (χ4v) is 1.47. The molecule has 0 spiro atoms. The normalized spacial score (nSPS) is 10.7. The molecule has 0 atom stereocenters. The second kappa shape index (κ2) is 5.41. The lowest BCUT2D eigenvalue weighted by Gasteiger charge is -2.12. The van der Waals surface area contributed by atoms with Crippen molar-refractivity contribution in [3.8, 4) is 11.5 Å². The van der Waals surface area contributed by atoms with Gasteiger partial charge in [-0.3, -0.25) is 0 Å². The van der Waals surface area contributed by atoms with Crippen molar-refractivity contribution in [1.29, 1.82) is 0 Å². The Morgan fingerprint density at radius 2 is 2.00 bits per heavy atom. The van der Waals surface area contributed by atoms with E-state index in [1.54, 1.807) is 14.2 Å². The first-order chi connectivity index (χ1) is 7.24. The summed E-state index contributed by atoms with van der Waals surface area (Å²) in [4.78, 5) is 0. The second-order valence-corrected chi connectivity index (χ2v) is 3.15. The molecule has 3 heteroatoms. The third-order valence-corrected chi connectivity index (χ3v) is 2.27. The van der Waals surface area contributed by atoms with Gasteiger partial charge in [0.2, 0.25) is 0 Å². The number of ether oxygens (including phenoxy) is 2. The molecule has 0 unspecified atom stereocenters. The number of methoxy groups -OCH3 is 2. The Labute approximate surface area is 90.5 Å². The molecule has 0 saturated heterocycles. The molecular formula is C12H17NO2. The van der Waals surface area contributed by atoms with Crippen LogP contribution >= 0.6 is 0 Å². The highest BCUT2D eigenvalue weighted by molar-refractivity contribution is 5.61. The maximum absolute atomic E-state index is 5.41. The van der Waals surface area contributed by atoms with Gasteiger partial charge >= 0.3 is 0 Å². The molecule has 1 aromatic carbocycles. The standard InChI is InChI=1S/C12H17NO2/c1-9-10(5-4-8-13)6-7-11(14-2)12(9)15-3/h4-7H,8,13H2,1-3H3/b5-4+. The summed E-state index contributed by atoms with van der Waals surface area (Å²) in [6, 6.07) is 3.88. The van der Waals surface area contributed by atoms with Gasteiger partial charge in [0.25, 0.3) is 0 Å². The van der Waals surface area contributed by atoms with Crippen LogP contribution in [0.15, 0.2) is 18.2 Å². The van der Waals surface area contributed by atoms with Crippen LogP contribution in [-0.4, -0.2) is 20.8 Å². The molecule has 0 fully saturated rings. The van der Waals surface area contributed by atoms with Crippen LogP contribution < -0.4 is 15.2 Å². The van der Waals surface area contributed by atoms with E-state index in [4.69, 9.17) is 15.2 Å². The van der Waals surface area contributed by atoms with Gasteiger partial charge in [-0.15, -0.1) is 0 Å². The average molecular weight is 207 g/mol. The van der Waals surface area contributed by atoms with Crippen LogP contribution in [0, 0.1) is 6.92 Å². The van der Waals surface area contributed by atoms with Gasteiger partial charge < -0.3 is 15.2 Å². The van der Waals surface area contributed by atoms with Crippen molar-refractivity contribution < 1.29 is 9.47 Å². The molecule has 0 bridgehead atoms. The maximum Gasteiger partial charge on any atom is 0.164 e. The summed E-state index contributed by atoms with van der Waals surface area (Å²) >= 11 is 0. The van der Waals surface area contributed by atoms with E-state index in [9.17, 15) is 0 Å². The van der Waals surface area contributed by atoms with Crippen LogP contribution in [0.5, 0.6) is 11.5 Å². The van der Waals surface area contributed by atoms with Gasteiger partial charge in [-0.1, -0.05) is 18.2 Å². The number of benzene rings is 1. The molecule has 0 aliphatic heterocycles. The lowest BCUT2D eigenvalue weighted by Crippen LogP contribution is -1.96. The van der Waals surface area contributed by atoms with E-state index in [0.717, 1.165) is 22.6 Å². The minimum absolute atomic E-state index is 0.536. The van der Waals surface area contributed by atoms with Crippen LogP contribution in [0.25, 0.3) is 6.08 Å². The summed E-state index contributed by atoms with van der Waals surface area (Å²) in [5.41, 5.74) is 7.56. The molecule has 0 saturated carbocycles. The Kier molecular flexibility index (Phi) is 4.18. The molecule has 0 aliphatic rings. The van der Waals surface area contributed by atoms with Crippen LogP contribution in [-0.2, 0) is 0 Å². The molecule has 3 nitrogen and oxygen atoms in total. The number of hydrogen-bond donors (Lipinski definition) is 1. The lowest BCUT2D eigenvalue weighted by atomic mass is 10.1. The highest BCUT2D eigenvalue weighted by Crippen LogP contribution is 2.33. The molecule has 0 aliphatic carbocycles. The van der Waals surface area contributed by atoms with Crippen LogP contribution in [0.4, 0.5) is 0 Å². The van der Waals surface area contributed by atoms with Gasteiger partial charge in [-0.05, 0) is 18.6 Å². The molecule has 82 valence electrons. The van der Waals surface area contributed by atoms with Crippen molar-refractivity contribution in [3.05, 3.63) is 29.3 Å². The van der Waals surface area contributed by atoms with Gasteiger partial charge in [0.15, 0.2) is 11.5 Å². The zero-order chi connectivity index (χ0) is 11.3. The first-order valence-corrected chi connectivity index (χ1v) is 4.82. The monoisotopic (exact) mass is 207 g/mol. The molecule has 0 radical (unpaired) electrons.